The van der Waals surface area contributed by atoms with Gasteiger partial charge in [0.05, 0.1) is 5.69 Å². The van der Waals surface area contributed by atoms with Crippen LogP contribution >= 0.6 is 0 Å². The highest BCUT2D eigenvalue weighted by Crippen LogP contribution is 2.16. The molecular formula is C12H14N4O. The molecule has 0 radical (unpaired) electrons. The number of carbonyl (C=O) groups is 1. The van der Waals surface area contributed by atoms with E-state index in [2.05, 4.69) is 10.4 Å². The van der Waals surface area contributed by atoms with Crippen molar-refractivity contribution in [2.75, 3.05) is 12.8 Å². The molecular weight excluding hydrogens is 216 g/mol. The number of nitrogens with two attached hydrogens (primary N) is 1. The predicted octanol–water partition coefficient (Wildman–Crippen LogP) is 1.12. The molecule has 1 amide bonds. The summed E-state index contributed by atoms with van der Waals surface area (Å²) in [5, 5.41) is 6.72. The first-order chi connectivity index (χ1) is 8.11. The second kappa shape index (κ2) is 4.29. The van der Waals surface area contributed by atoms with Crippen molar-refractivity contribution in [2.24, 2.45) is 0 Å². The van der Waals surface area contributed by atoms with Gasteiger partial charge in [-0.1, -0.05) is 0 Å². The van der Waals surface area contributed by atoms with E-state index >= 15 is 0 Å². The molecule has 0 spiro atoms. The van der Waals surface area contributed by atoms with Gasteiger partial charge >= 0.3 is 0 Å². The molecule has 1 aromatic heterocycles. The van der Waals surface area contributed by atoms with Gasteiger partial charge < -0.3 is 11.1 Å². The number of rotatable bonds is 2. The van der Waals surface area contributed by atoms with E-state index in [0.717, 1.165) is 11.3 Å². The first-order valence-corrected chi connectivity index (χ1v) is 5.26. The van der Waals surface area contributed by atoms with Gasteiger partial charge in [0.25, 0.3) is 5.91 Å². The van der Waals surface area contributed by atoms with Crippen LogP contribution in [0.1, 0.15) is 15.9 Å². The Morgan fingerprint density at radius 3 is 2.71 bits per heavy atom. The van der Waals surface area contributed by atoms with Gasteiger partial charge in [0.2, 0.25) is 0 Å². The van der Waals surface area contributed by atoms with Gasteiger partial charge in [0.15, 0.2) is 0 Å². The number of aromatic nitrogens is 2. The van der Waals surface area contributed by atoms with Crippen molar-refractivity contribution in [3.8, 4) is 5.69 Å². The molecule has 88 valence electrons. The summed E-state index contributed by atoms with van der Waals surface area (Å²) in [4.78, 5) is 11.5. The van der Waals surface area contributed by atoms with E-state index in [-0.39, 0.29) is 5.91 Å². The van der Waals surface area contributed by atoms with Gasteiger partial charge in [0.1, 0.15) is 5.82 Å². The van der Waals surface area contributed by atoms with Crippen LogP contribution in [0, 0.1) is 6.92 Å². The maximum Gasteiger partial charge on any atom is 0.251 e. The van der Waals surface area contributed by atoms with Crippen molar-refractivity contribution < 1.29 is 4.79 Å². The Balaban J connectivity index is 2.41. The van der Waals surface area contributed by atoms with Gasteiger partial charge in [-0.3, -0.25) is 4.79 Å². The van der Waals surface area contributed by atoms with Gasteiger partial charge in [0, 0.05) is 24.9 Å². The fourth-order valence-corrected chi connectivity index (χ4v) is 1.67. The van der Waals surface area contributed by atoms with Crippen LogP contribution in [0.4, 0.5) is 5.82 Å². The summed E-state index contributed by atoms with van der Waals surface area (Å²) >= 11 is 0. The predicted molar refractivity (Wildman–Crippen MR) is 66.1 cm³/mol. The van der Waals surface area contributed by atoms with Gasteiger partial charge in [-0.15, -0.1) is 0 Å². The van der Waals surface area contributed by atoms with E-state index in [9.17, 15) is 4.79 Å². The summed E-state index contributed by atoms with van der Waals surface area (Å²) in [7, 11) is 1.61. The number of nitrogens with one attached hydrogen (secondary N) is 1. The number of aryl methyl sites for hydroxylation is 1. The van der Waals surface area contributed by atoms with E-state index in [4.69, 9.17) is 5.73 Å². The average Bonchev–Trinajstić information content (AvgIpc) is 2.74. The molecule has 0 bridgehead atoms. The first-order valence-electron chi connectivity index (χ1n) is 5.26. The van der Waals surface area contributed by atoms with Crippen LogP contribution in [0.25, 0.3) is 5.69 Å². The molecule has 1 heterocycles. The summed E-state index contributed by atoms with van der Waals surface area (Å²) in [6, 6.07) is 7.17. The van der Waals surface area contributed by atoms with E-state index in [1.165, 1.54) is 0 Å². The van der Waals surface area contributed by atoms with Crippen LogP contribution in [0.15, 0.2) is 30.5 Å². The largest absolute Gasteiger partial charge is 0.382 e. The third-order valence-electron chi connectivity index (χ3n) is 2.54. The lowest BCUT2D eigenvalue weighted by molar-refractivity contribution is 0.0963. The Morgan fingerprint density at radius 2 is 2.18 bits per heavy atom. The molecule has 17 heavy (non-hydrogen) atoms. The Kier molecular flexibility index (Phi) is 2.82. The topological polar surface area (TPSA) is 72.9 Å². The quantitative estimate of drug-likeness (QED) is 0.812. The molecule has 5 nitrogen and oxygen atoms in total. The molecule has 0 aliphatic heterocycles. The zero-order valence-electron chi connectivity index (χ0n) is 9.77. The fraction of sp³-hybridized carbons (Fsp3) is 0.167. The van der Waals surface area contributed by atoms with Crippen LogP contribution in [0.2, 0.25) is 0 Å². The Bertz CT molecular complexity index is 559. The number of hydrogen-bond acceptors (Lipinski definition) is 3. The van der Waals surface area contributed by atoms with Crippen molar-refractivity contribution in [3.05, 3.63) is 41.6 Å². The summed E-state index contributed by atoms with van der Waals surface area (Å²) in [5.74, 6) is 0.374. The number of amides is 1. The third kappa shape index (κ3) is 2.13. The fourth-order valence-electron chi connectivity index (χ4n) is 1.67. The number of anilines is 1. The van der Waals surface area contributed by atoms with Crippen molar-refractivity contribution in [2.45, 2.75) is 6.92 Å². The first kappa shape index (κ1) is 11.2. The van der Waals surface area contributed by atoms with Gasteiger partial charge in [-0.05, 0) is 30.7 Å². The summed E-state index contributed by atoms with van der Waals surface area (Å²) in [6.45, 7) is 1.93. The second-order valence-electron chi connectivity index (χ2n) is 3.77. The lowest BCUT2D eigenvalue weighted by atomic mass is 10.1. The zero-order chi connectivity index (χ0) is 12.4. The Hall–Kier alpha value is -2.30. The van der Waals surface area contributed by atoms with Gasteiger partial charge in [-0.2, -0.15) is 5.10 Å². The maximum absolute atomic E-state index is 11.5. The standard InChI is InChI=1S/C12H14N4O/c1-8-7-9(12(17)14-2)3-4-10(8)16-6-5-11(13)15-16/h3-7H,1-2H3,(H2,13,15)(H,14,17). The number of hydrogen-bond donors (Lipinski definition) is 2. The summed E-state index contributed by atoms with van der Waals surface area (Å²) in [6.07, 6.45) is 1.79. The van der Waals surface area contributed by atoms with Crippen LogP contribution in [0.3, 0.4) is 0 Å². The number of nitrogens with zero attached hydrogens (tertiary/aromatic N) is 2. The molecule has 0 aliphatic rings. The van der Waals surface area contributed by atoms with Gasteiger partial charge in [-0.25, -0.2) is 4.68 Å². The molecule has 0 aliphatic carbocycles. The molecule has 1 aromatic carbocycles. The maximum atomic E-state index is 11.5. The number of carbonyl (C=O) groups excluding carboxylic acids is 1. The van der Waals surface area contributed by atoms with Crippen molar-refractivity contribution in [1.82, 2.24) is 15.1 Å². The highest BCUT2D eigenvalue weighted by atomic mass is 16.1. The Labute approximate surface area is 99.2 Å². The van der Waals surface area contributed by atoms with Crippen LogP contribution in [0.5, 0.6) is 0 Å². The van der Waals surface area contributed by atoms with E-state index < -0.39 is 0 Å². The summed E-state index contributed by atoms with van der Waals surface area (Å²) in [5.41, 5.74) is 8.08. The summed E-state index contributed by atoms with van der Waals surface area (Å²) < 4.78 is 1.69. The van der Waals surface area contributed by atoms with E-state index in [1.54, 1.807) is 30.1 Å². The SMILES string of the molecule is CNC(=O)c1ccc(-n2ccc(N)n2)c(C)c1. The molecule has 3 N–H and O–H groups in total. The average molecular weight is 230 g/mol. The third-order valence-corrected chi connectivity index (χ3v) is 2.54. The number of nitrogen functional groups attached to an aromatic ring is 1. The van der Waals surface area contributed by atoms with Crippen molar-refractivity contribution in [3.63, 3.8) is 0 Å². The minimum atomic E-state index is -0.0976. The monoisotopic (exact) mass is 230 g/mol. The zero-order valence-corrected chi connectivity index (χ0v) is 9.77. The van der Waals surface area contributed by atoms with Crippen LogP contribution in [-0.4, -0.2) is 22.7 Å². The molecule has 2 aromatic rings. The highest BCUT2D eigenvalue weighted by molar-refractivity contribution is 5.94. The minimum Gasteiger partial charge on any atom is -0.382 e. The van der Waals surface area contributed by atoms with E-state index in [0.29, 0.717) is 11.4 Å². The van der Waals surface area contributed by atoms with Crippen LogP contribution in [-0.2, 0) is 0 Å². The lowest BCUT2D eigenvalue weighted by Crippen LogP contribution is -2.18. The van der Waals surface area contributed by atoms with Crippen molar-refractivity contribution >= 4 is 11.7 Å². The Morgan fingerprint density at radius 1 is 1.41 bits per heavy atom. The smallest absolute Gasteiger partial charge is 0.251 e. The molecule has 0 unspecified atom stereocenters. The second-order valence-corrected chi connectivity index (χ2v) is 3.77. The highest BCUT2D eigenvalue weighted by Gasteiger charge is 2.07. The molecule has 0 saturated heterocycles. The molecule has 5 heteroatoms. The van der Waals surface area contributed by atoms with Crippen LogP contribution < -0.4 is 11.1 Å². The minimum absolute atomic E-state index is 0.0976. The molecule has 0 atom stereocenters. The normalized spacial score (nSPS) is 10.2. The van der Waals surface area contributed by atoms with Crippen molar-refractivity contribution in [1.29, 1.82) is 0 Å². The molecule has 0 saturated carbocycles. The molecule has 0 fully saturated rings. The lowest BCUT2D eigenvalue weighted by Gasteiger charge is -2.07. The molecule has 2 rings (SSSR count). The number of benzene rings is 1. The van der Waals surface area contributed by atoms with E-state index in [1.807, 2.05) is 19.1 Å².